The Hall–Kier alpha value is -1.24. The van der Waals surface area contributed by atoms with Crippen molar-refractivity contribution in [1.29, 1.82) is 0 Å². The van der Waals surface area contributed by atoms with Gasteiger partial charge in [0.1, 0.15) is 0 Å². The molecule has 0 aliphatic carbocycles. The molecule has 1 aliphatic heterocycles. The Morgan fingerprint density at radius 3 is 2.95 bits per heavy atom. The van der Waals surface area contributed by atoms with Crippen LogP contribution in [0.4, 0.5) is 0 Å². The lowest BCUT2D eigenvalue weighted by atomic mass is 9.94. The number of aliphatic hydroxyl groups is 1. The Morgan fingerprint density at radius 2 is 2.26 bits per heavy atom. The molecule has 0 unspecified atom stereocenters. The van der Waals surface area contributed by atoms with Crippen molar-refractivity contribution < 1.29 is 9.63 Å². The lowest BCUT2D eigenvalue weighted by Crippen LogP contribution is -2.42. The van der Waals surface area contributed by atoms with Crippen LogP contribution in [0.5, 0.6) is 0 Å². The monoisotopic (exact) mass is 279 g/mol. The van der Waals surface area contributed by atoms with Crippen LogP contribution in [-0.2, 0) is 6.54 Å². The second kappa shape index (κ2) is 5.03. The first-order valence-corrected chi connectivity index (χ1v) is 7.37. The number of hydrogen-bond donors (Lipinski definition) is 1. The number of rotatable bonds is 3. The molecular formula is C13H17N3O2S. The fourth-order valence-electron chi connectivity index (χ4n) is 2.21. The molecule has 19 heavy (non-hydrogen) atoms. The molecule has 1 fully saturated rings. The van der Waals surface area contributed by atoms with Gasteiger partial charge in [-0.05, 0) is 31.2 Å². The normalized spacial score (nSPS) is 19.7. The first kappa shape index (κ1) is 12.8. The molecule has 3 rings (SSSR count). The van der Waals surface area contributed by atoms with Crippen LogP contribution in [0.3, 0.4) is 0 Å². The molecule has 1 saturated heterocycles. The molecule has 6 heteroatoms. The zero-order valence-electron chi connectivity index (χ0n) is 10.9. The van der Waals surface area contributed by atoms with Crippen molar-refractivity contribution in [3.05, 3.63) is 22.7 Å². The van der Waals surface area contributed by atoms with E-state index in [1.165, 1.54) is 0 Å². The third kappa shape index (κ3) is 3.02. The molecule has 0 atom stereocenters. The SMILES string of the molecule is CC1(O)CCN(Cc2nc(-c3ccsc3)no2)CC1. The van der Waals surface area contributed by atoms with E-state index in [4.69, 9.17) is 4.52 Å². The molecule has 1 aliphatic rings. The van der Waals surface area contributed by atoms with Gasteiger partial charge in [0.2, 0.25) is 11.7 Å². The summed E-state index contributed by atoms with van der Waals surface area (Å²) in [4.78, 5) is 6.65. The number of hydrogen-bond acceptors (Lipinski definition) is 6. The largest absolute Gasteiger partial charge is 0.390 e. The van der Waals surface area contributed by atoms with E-state index in [0.29, 0.717) is 18.3 Å². The van der Waals surface area contributed by atoms with E-state index in [1.807, 2.05) is 23.8 Å². The van der Waals surface area contributed by atoms with Gasteiger partial charge in [0.15, 0.2) is 0 Å². The maximum Gasteiger partial charge on any atom is 0.241 e. The molecule has 5 nitrogen and oxygen atoms in total. The molecule has 0 bridgehead atoms. The molecular weight excluding hydrogens is 262 g/mol. The van der Waals surface area contributed by atoms with E-state index in [2.05, 4.69) is 15.0 Å². The van der Waals surface area contributed by atoms with Crippen molar-refractivity contribution in [3.8, 4) is 11.4 Å². The standard InChI is InChI=1S/C13H17N3O2S/c1-13(17)3-5-16(6-4-13)8-11-14-12(15-18-11)10-2-7-19-9-10/h2,7,9,17H,3-6,8H2,1H3. The first-order chi connectivity index (χ1) is 9.12. The topological polar surface area (TPSA) is 62.4 Å². The second-order valence-electron chi connectivity index (χ2n) is 5.30. The van der Waals surface area contributed by atoms with Crippen molar-refractivity contribution in [3.63, 3.8) is 0 Å². The van der Waals surface area contributed by atoms with Gasteiger partial charge in [-0.25, -0.2) is 0 Å². The number of thiophene rings is 1. The summed E-state index contributed by atoms with van der Waals surface area (Å²) in [6.45, 7) is 4.28. The Bertz CT molecular complexity index is 526. The van der Waals surface area contributed by atoms with Crippen molar-refractivity contribution >= 4 is 11.3 Å². The third-order valence-corrected chi connectivity index (χ3v) is 4.22. The Morgan fingerprint density at radius 1 is 1.47 bits per heavy atom. The zero-order valence-corrected chi connectivity index (χ0v) is 11.7. The molecule has 1 N–H and O–H groups in total. The number of aromatic nitrogens is 2. The summed E-state index contributed by atoms with van der Waals surface area (Å²) < 4.78 is 5.28. The summed E-state index contributed by atoms with van der Waals surface area (Å²) in [6, 6.07) is 1.98. The minimum atomic E-state index is -0.521. The van der Waals surface area contributed by atoms with Crippen molar-refractivity contribution in [2.24, 2.45) is 0 Å². The second-order valence-corrected chi connectivity index (χ2v) is 6.08. The van der Waals surface area contributed by atoms with Crippen molar-refractivity contribution in [2.75, 3.05) is 13.1 Å². The maximum atomic E-state index is 9.91. The number of likely N-dealkylation sites (tertiary alicyclic amines) is 1. The van der Waals surface area contributed by atoms with Crippen LogP contribution in [0.25, 0.3) is 11.4 Å². The lowest BCUT2D eigenvalue weighted by molar-refractivity contribution is -0.00944. The third-order valence-electron chi connectivity index (χ3n) is 3.54. The molecule has 0 saturated carbocycles. The Balaban J connectivity index is 1.62. The van der Waals surface area contributed by atoms with Crippen molar-refractivity contribution in [2.45, 2.75) is 31.9 Å². The van der Waals surface area contributed by atoms with E-state index in [-0.39, 0.29) is 0 Å². The van der Waals surface area contributed by atoms with Crippen molar-refractivity contribution in [1.82, 2.24) is 15.0 Å². The summed E-state index contributed by atoms with van der Waals surface area (Å²) in [5, 5.41) is 17.9. The molecule has 0 amide bonds. The molecule has 0 spiro atoms. The van der Waals surface area contributed by atoms with Crippen LogP contribution in [0.1, 0.15) is 25.7 Å². The highest BCUT2D eigenvalue weighted by molar-refractivity contribution is 7.08. The number of piperidine rings is 1. The fourth-order valence-corrected chi connectivity index (χ4v) is 2.85. The predicted octanol–water partition coefficient (Wildman–Crippen LogP) is 2.14. The zero-order chi connectivity index (χ0) is 13.3. The molecule has 2 aromatic rings. The van der Waals surface area contributed by atoms with Gasteiger partial charge in [-0.15, -0.1) is 0 Å². The van der Waals surface area contributed by atoms with Crippen LogP contribution in [0.2, 0.25) is 0 Å². The average Bonchev–Trinajstić information content (AvgIpc) is 3.02. The van der Waals surface area contributed by atoms with E-state index in [1.54, 1.807) is 11.3 Å². The van der Waals surface area contributed by atoms with Gasteiger partial charge in [-0.2, -0.15) is 16.3 Å². The molecule has 0 radical (unpaired) electrons. The first-order valence-electron chi connectivity index (χ1n) is 6.42. The maximum absolute atomic E-state index is 9.91. The van der Waals surface area contributed by atoms with Crippen LogP contribution < -0.4 is 0 Å². The van der Waals surface area contributed by atoms with Gasteiger partial charge in [0.05, 0.1) is 12.1 Å². The Kier molecular flexibility index (Phi) is 3.38. The van der Waals surface area contributed by atoms with E-state index in [0.717, 1.165) is 31.5 Å². The van der Waals surface area contributed by atoms with Gasteiger partial charge in [0.25, 0.3) is 0 Å². The lowest BCUT2D eigenvalue weighted by Gasteiger charge is -2.34. The van der Waals surface area contributed by atoms with E-state index < -0.39 is 5.60 Å². The van der Waals surface area contributed by atoms with Gasteiger partial charge >= 0.3 is 0 Å². The molecule has 2 aromatic heterocycles. The predicted molar refractivity (Wildman–Crippen MR) is 72.7 cm³/mol. The van der Waals surface area contributed by atoms with Gasteiger partial charge in [0, 0.05) is 24.0 Å². The molecule has 0 aromatic carbocycles. The summed E-state index contributed by atoms with van der Waals surface area (Å²) >= 11 is 1.62. The smallest absolute Gasteiger partial charge is 0.241 e. The van der Waals surface area contributed by atoms with Crippen LogP contribution in [0.15, 0.2) is 21.3 Å². The summed E-state index contributed by atoms with van der Waals surface area (Å²) in [5.74, 6) is 1.29. The highest BCUT2D eigenvalue weighted by Gasteiger charge is 2.28. The van der Waals surface area contributed by atoms with E-state index >= 15 is 0 Å². The highest BCUT2D eigenvalue weighted by atomic mass is 32.1. The number of nitrogens with zero attached hydrogens (tertiary/aromatic N) is 3. The summed E-state index contributed by atoms with van der Waals surface area (Å²) in [5.41, 5.74) is 0.481. The summed E-state index contributed by atoms with van der Waals surface area (Å²) in [7, 11) is 0. The van der Waals surface area contributed by atoms with Crippen LogP contribution in [0, 0.1) is 0 Å². The highest BCUT2D eigenvalue weighted by Crippen LogP contribution is 2.23. The summed E-state index contributed by atoms with van der Waals surface area (Å²) in [6.07, 6.45) is 1.58. The minimum absolute atomic E-state index is 0.521. The van der Waals surface area contributed by atoms with Gasteiger partial charge in [-0.1, -0.05) is 5.16 Å². The van der Waals surface area contributed by atoms with Gasteiger partial charge in [-0.3, -0.25) is 4.90 Å². The molecule has 102 valence electrons. The van der Waals surface area contributed by atoms with E-state index in [9.17, 15) is 5.11 Å². The van der Waals surface area contributed by atoms with Crippen LogP contribution in [-0.4, -0.2) is 38.8 Å². The van der Waals surface area contributed by atoms with Crippen LogP contribution >= 0.6 is 11.3 Å². The quantitative estimate of drug-likeness (QED) is 0.932. The fraction of sp³-hybridized carbons (Fsp3) is 0.538. The Labute approximate surface area is 115 Å². The van der Waals surface area contributed by atoms with Gasteiger partial charge < -0.3 is 9.63 Å². The molecule has 3 heterocycles. The average molecular weight is 279 g/mol. The minimum Gasteiger partial charge on any atom is -0.390 e.